The number of carbonyl (C=O) groups excluding carboxylic acids is 1. The maximum absolute atomic E-state index is 11.0. The second-order valence-corrected chi connectivity index (χ2v) is 1.24. The summed E-state index contributed by atoms with van der Waals surface area (Å²) in [5.74, 6) is -0.717. The van der Waals surface area contributed by atoms with Gasteiger partial charge in [0.25, 0.3) is 0 Å². The second kappa shape index (κ2) is 3.31. The Hall–Kier alpha value is -0.710. The number of halogens is 2. The van der Waals surface area contributed by atoms with Crippen molar-refractivity contribution in [1.82, 2.24) is 5.34 Å². The molecule has 0 aliphatic heterocycles. The predicted molar refractivity (Wildman–Crippen MR) is 22.7 cm³/mol. The zero-order chi connectivity index (χ0) is 6.57. The van der Waals surface area contributed by atoms with Crippen LogP contribution in [0.4, 0.5) is 8.96 Å². The minimum Gasteiger partial charge on any atom is -0.370 e. The fourth-order valence-electron chi connectivity index (χ4n) is 0.195. The smallest absolute Gasteiger partial charge is 0.218 e. The maximum atomic E-state index is 11.0. The molecule has 3 nitrogen and oxygen atoms in total. The van der Waals surface area contributed by atoms with Crippen LogP contribution in [0.15, 0.2) is 0 Å². The van der Waals surface area contributed by atoms with E-state index in [0.717, 1.165) is 0 Å². The van der Waals surface area contributed by atoms with Gasteiger partial charge in [-0.05, 0) is 0 Å². The van der Waals surface area contributed by atoms with E-state index in [1.54, 1.807) is 0 Å². The highest BCUT2D eigenvalue weighted by Gasteiger charge is 2.00. The van der Waals surface area contributed by atoms with Crippen LogP contribution < -0.4 is 5.73 Å². The van der Waals surface area contributed by atoms with E-state index in [9.17, 15) is 13.8 Å². The van der Waals surface area contributed by atoms with E-state index in [-0.39, 0.29) is 6.42 Å². The lowest BCUT2D eigenvalue weighted by atomic mass is 10.4. The largest absolute Gasteiger partial charge is 0.370 e. The number of amides is 1. The number of hydrogen-bond donors (Lipinski definition) is 1. The molecule has 0 fully saturated rings. The van der Waals surface area contributed by atoms with Crippen LogP contribution in [0.1, 0.15) is 6.42 Å². The molecule has 0 spiro atoms. The fraction of sp³-hybridized carbons (Fsp3) is 0.667. The molecule has 0 aliphatic carbocycles. The molecule has 0 heterocycles. The van der Waals surface area contributed by atoms with Crippen molar-refractivity contribution in [1.29, 1.82) is 0 Å². The Morgan fingerprint density at radius 2 is 2.12 bits per heavy atom. The van der Waals surface area contributed by atoms with E-state index in [1.165, 1.54) is 0 Å². The van der Waals surface area contributed by atoms with Crippen molar-refractivity contribution in [3.8, 4) is 0 Å². The third-order valence-corrected chi connectivity index (χ3v) is 0.527. The molecule has 48 valence electrons. The van der Waals surface area contributed by atoms with Crippen molar-refractivity contribution < 1.29 is 13.8 Å². The SMILES string of the molecule is NC(=O)CCN(F)F. The standard InChI is InChI=1S/C3H6F2N2O/c4-7(5)2-1-3(6)8/h1-2H2,(H2,6,8). The Kier molecular flexibility index (Phi) is 3.02. The first kappa shape index (κ1) is 7.29. The lowest BCUT2D eigenvalue weighted by molar-refractivity contribution is -0.156. The highest BCUT2D eigenvalue weighted by Crippen LogP contribution is 1.89. The van der Waals surface area contributed by atoms with Crippen LogP contribution in [0.5, 0.6) is 0 Å². The van der Waals surface area contributed by atoms with Crippen molar-refractivity contribution in [3.63, 3.8) is 0 Å². The molecule has 5 heteroatoms. The topological polar surface area (TPSA) is 46.3 Å². The number of nitrogens with zero attached hydrogens (tertiary/aromatic N) is 1. The first-order valence-electron chi connectivity index (χ1n) is 2.00. The van der Waals surface area contributed by atoms with E-state index < -0.39 is 17.8 Å². The lowest BCUT2D eigenvalue weighted by Gasteiger charge is -1.94. The Morgan fingerprint density at radius 1 is 1.62 bits per heavy atom. The van der Waals surface area contributed by atoms with E-state index in [1.807, 2.05) is 0 Å². The molecule has 8 heavy (non-hydrogen) atoms. The summed E-state index contributed by atoms with van der Waals surface area (Å²) in [6.45, 7) is -0.588. The van der Waals surface area contributed by atoms with Crippen molar-refractivity contribution in [3.05, 3.63) is 0 Å². The minimum absolute atomic E-state index is 0.299. The first-order valence-corrected chi connectivity index (χ1v) is 2.00. The quantitative estimate of drug-likeness (QED) is 0.535. The van der Waals surface area contributed by atoms with E-state index in [4.69, 9.17) is 0 Å². The van der Waals surface area contributed by atoms with Gasteiger partial charge in [0.05, 0.1) is 6.54 Å². The number of carbonyl (C=O) groups is 1. The molecular weight excluding hydrogens is 118 g/mol. The summed E-state index contributed by atoms with van der Waals surface area (Å²) in [7, 11) is 0. The predicted octanol–water partition coefficient (Wildman–Crippen LogP) is -0.0672. The monoisotopic (exact) mass is 124 g/mol. The zero-order valence-corrected chi connectivity index (χ0v) is 4.10. The van der Waals surface area contributed by atoms with Gasteiger partial charge in [0.1, 0.15) is 0 Å². The van der Waals surface area contributed by atoms with E-state index in [2.05, 4.69) is 5.73 Å². The molecule has 0 atom stereocenters. The van der Waals surface area contributed by atoms with Gasteiger partial charge in [0.2, 0.25) is 5.91 Å². The average Bonchev–Trinajstić information content (AvgIpc) is 1.61. The Bertz CT molecular complexity index is 85.4. The summed E-state index contributed by atoms with van der Waals surface area (Å²) in [4.78, 5) is 9.77. The molecule has 0 saturated carbocycles. The Balaban J connectivity index is 3.05. The highest BCUT2D eigenvalue weighted by atomic mass is 19.4. The molecule has 0 unspecified atom stereocenters. The maximum Gasteiger partial charge on any atom is 0.218 e. The zero-order valence-electron chi connectivity index (χ0n) is 4.10. The van der Waals surface area contributed by atoms with Crippen molar-refractivity contribution in [2.75, 3.05) is 6.54 Å². The molecule has 0 aromatic rings. The number of rotatable bonds is 3. The van der Waals surface area contributed by atoms with Gasteiger partial charge in [-0.2, -0.15) is 0 Å². The molecule has 0 bridgehead atoms. The number of hydrogen-bond acceptors (Lipinski definition) is 2. The van der Waals surface area contributed by atoms with Gasteiger partial charge >= 0.3 is 0 Å². The molecule has 0 aromatic carbocycles. The van der Waals surface area contributed by atoms with Crippen LogP contribution in [0.2, 0.25) is 0 Å². The third-order valence-electron chi connectivity index (χ3n) is 0.527. The van der Waals surface area contributed by atoms with Crippen LogP contribution in [0.25, 0.3) is 0 Å². The van der Waals surface area contributed by atoms with Crippen LogP contribution in [0.3, 0.4) is 0 Å². The molecule has 0 rings (SSSR count). The second-order valence-electron chi connectivity index (χ2n) is 1.24. The lowest BCUT2D eigenvalue weighted by Crippen LogP contribution is -2.16. The first-order chi connectivity index (χ1) is 3.63. The van der Waals surface area contributed by atoms with Gasteiger partial charge in [-0.25, -0.2) is 0 Å². The third kappa shape index (κ3) is 5.29. The number of nitrogens with two attached hydrogens (primary N) is 1. The van der Waals surface area contributed by atoms with Gasteiger partial charge in [0, 0.05) is 11.8 Å². The van der Waals surface area contributed by atoms with Crippen LogP contribution >= 0.6 is 0 Å². The average molecular weight is 124 g/mol. The van der Waals surface area contributed by atoms with Crippen molar-refractivity contribution >= 4 is 5.91 Å². The molecule has 0 aliphatic rings. The summed E-state index contributed by atoms with van der Waals surface area (Å²) >= 11 is 0. The molecule has 0 saturated heterocycles. The molecule has 0 radical (unpaired) electrons. The summed E-state index contributed by atoms with van der Waals surface area (Å²) in [5, 5.41) is -1.08. The summed E-state index contributed by atoms with van der Waals surface area (Å²) in [6.07, 6.45) is -0.299. The van der Waals surface area contributed by atoms with E-state index in [0.29, 0.717) is 0 Å². The van der Waals surface area contributed by atoms with Gasteiger partial charge in [-0.1, -0.05) is 0 Å². The Morgan fingerprint density at radius 3 is 2.25 bits per heavy atom. The molecule has 1 amide bonds. The van der Waals surface area contributed by atoms with Crippen LogP contribution in [-0.4, -0.2) is 17.8 Å². The summed E-state index contributed by atoms with van der Waals surface area (Å²) in [5.41, 5.74) is 4.54. The minimum atomic E-state index is -1.08. The van der Waals surface area contributed by atoms with Gasteiger partial charge in [0.15, 0.2) is 0 Å². The van der Waals surface area contributed by atoms with Crippen LogP contribution in [-0.2, 0) is 4.79 Å². The van der Waals surface area contributed by atoms with Crippen molar-refractivity contribution in [2.45, 2.75) is 6.42 Å². The normalized spacial score (nSPS) is 9.88. The molecule has 2 N–H and O–H groups in total. The summed E-state index contributed by atoms with van der Waals surface area (Å²) < 4.78 is 22.0. The van der Waals surface area contributed by atoms with Gasteiger partial charge in [-0.3, -0.25) is 4.79 Å². The van der Waals surface area contributed by atoms with Gasteiger partial charge in [-0.15, -0.1) is 8.96 Å². The fourth-order valence-corrected chi connectivity index (χ4v) is 0.195. The number of primary amides is 1. The van der Waals surface area contributed by atoms with Crippen molar-refractivity contribution in [2.24, 2.45) is 5.73 Å². The van der Waals surface area contributed by atoms with Crippen LogP contribution in [0, 0.1) is 0 Å². The molecule has 0 aromatic heterocycles. The molecular formula is C3H6F2N2O. The van der Waals surface area contributed by atoms with E-state index >= 15 is 0 Å². The Labute approximate surface area is 44.9 Å². The van der Waals surface area contributed by atoms with Gasteiger partial charge < -0.3 is 5.73 Å². The summed E-state index contributed by atoms with van der Waals surface area (Å²) in [6, 6.07) is 0. The highest BCUT2D eigenvalue weighted by molar-refractivity contribution is 5.73.